The van der Waals surface area contributed by atoms with Gasteiger partial charge >= 0.3 is 0 Å². The summed E-state index contributed by atoms with van der Waals surface area (Å²) in [7, 11) is 1.75. The zero-order valence-electron chi connectivity index (χ0n) is 10.0. The van der Waals surface area contributed by atoms with Crippen LogP contribution in [0.3, 0.4) is 0 Å². The molecule has 1 aliphatic rings. The van der Waals surface area contributed by atoms with Crippen molar-refractivity contribution < 1.29 is 4.74 Å². The van der Waals surface area contributed by atoms with Crippen LogP contribution in [0.2, 0.25) is 0 Å². The van der Waals surface area contributed by atoms with Crippen LogP contribution in [0, 0.1) is 4.77 Å². The van der Waals surface area contributed by atoms with E-state index in [-0.39, 0.29) is 0 Å². The normalized spacial score (nSPS) is 22.7. The molecule has 2 aromatic rings. The third kappa shape index (κ3) is 1.87. The first kappa shape index (κ1) is 11.6. The van der Waals surface area contributed by atoms with Crippen LogP contribution in [0.5, 0.6) is 0 Å². The summed E-state index contributed by atoms with van der Waals surface area (Å²) < 4.78 is 8.00. The molecule has 1 fully saturated rings. The van der Waals surface area contributed by atoms with Crippen molar-refractivity contribution in [2.75, 3.05) is 7.11 Å². The Labute approximate surface area is 110 Å². The van der Waals surface area contributed by atoms with E-state index >= 15 is 0 Å². The van der Waals surface area contributed by atoms with Crippen molar-refractivity contribution >= 4 is 12.2 Å². The van der Waals surface area contributed by atoms with Crippen LogP contribution >= 0.6 is 12.2 Å². The highest BCUT2D eigenvalue weighted by Crippen LogP contribution is 2.36. The molecular formula is C12H14N4OS. The van der Waals surface area contributed by atoms with Crippen molar-refractivity contribution in [2.45, 2.75) is 25.0 Å². The molecule has 1 saturated carbocycles. The third-order valence-electron chi connectivity index (χ3n) is 3.37. The molecule has 5 nitrogen and oxygen atoms in total. The van der Waals surface area contributed by atoms with Gasteiger partial charge in [-0.2, -0.15) is 5.10 Å². The molecule has 2 aromatic heterocycles. The minimum atomic E-state index is 0.336. The summed E-state index contributed by atoms with van der Waals surface area (Å²) in [5, 5.41) is 7.13. The Kier molecular flexibility index (Phi) is 2.97. The Morgan fingerprint density at radius 1 is 1.44 bits per heavy atom. The minimum Gasteiger partial charge on any atom is -0.381 e. The van der Waals surface area contributed by atoms with E-state index in [9.17, 15) is 0 Å². The van der Waals surface area contributed by atoms with Crippen LogP contribution in [-0.2, 0) is 4.74 Å². The molecule has 0 unspecified atom stereocenters. The molecule has 3 rings (SSSR count). The van der Waals surface area contributed by atoms with Gasteiger partial charge in [0, 0.05) is 19.3 Å². The smallest absolute Gasteiger partial charge is 0.195 e. The SMILES string of the molecule is COC1CC(n2c(-c3ccccn3)n[nH]c2=S)C1. The molecule has 0 spiro atoms. The molecule has 0 aliphatic heterocycles. The summed E-state index contributed by atoms with van der Waals surface area (Å²) in [6, 6.07) is 6.13. The van der Waals surface area contributed by atoms with Crippen LogP contribution in [0.1, 0.15) is 18.9 Å². The number of methoxy groups -OCH3 is 1. The van der Waals surface area contributed by atoms with Crippen LogP contribution in [0.25, 0.3) is 11.5 Å². The number of hydrogen-bond donors (Lipinski definition) is 1. The van der Waals surface area contributed by atoms with Gasteiger partial charge in [-0.15, -0.1) is 0 Å². The Hall–Kier alpha value is -1.53. The fourth-order valence-corrected chi connectivity index (χ4v) is 2.54. The zero-order valence-corrected chi connectivity index (χ0v) is 10.9. The van der Waals surface area contributed by atoms with Gasteiger partial charge in [0.15, 0.2) is 10.6 Å². The van der Waals surface area contributed by atoms with E-state index in [1.165, 1.54) is 0 Å². The quantitative estimate of drug-likeness (QED) is 0.863. The van der Waals surface area contributed by atoms with Crippen molar-refractivity contribution in [3.05, 3.63) is 29.2 Å². The lowest BCUT2D eigenvalue weighted by Crippen LogP contribution is -2.33. The number of aromatic amines is 1. The van der Waals surface area contributed by atoms with Crippen LogP contribution in [0.15, 0.2) is 24.4 Å². The second-order valence-electron chi connectivity index (χ2n) is 4.42. The first-order valence-electron chi connectivity index (χ1n) is 5.90. The molecule has 18 heavy (non-hydrogen) atoms. The topological polar surface area (TPSA) is 55.7 Å². The summed E-state index contributed by atoms with van der Waals surface area (Å²) in [5.41, 5.74) is 0.839. The largest absolute Gasteiger partial charge is 0.381 e. The predicted molar refractivity (Wildman–Crippen MR) is 69.7 cm³/mol. The van der Waals surface area contributed by atoms with Gasteiger partial charge in [-0.3, -0.25) is 14.6 Å². The molecule has 6 heteroatoms. The van der Waals surface area contributed by atoms with Crippen molar-refractivity contribution in [1.82, 2.24) is 19.7 Å². The highest BCUT2D eigenvalue weighted by molar-refractivity contribution is 7.71. The fraction of sp³-hybridized carbons (Fsp3) is 0.417. The molecule has 94 valence electrons. The number of H-pyrrole nitrogens is 1. The highest BCUT2D eigenvalue weighted by Gasteiger charge is 2.32. The first-order valence-corrected chi connectivity index (χ1v) is 6.31. The van der Waals surface area contributed by atoms with Gasteiger partial charge in [-0.05, 0) is 37.2 Å². The standard InChI is InChI=1S/C12H14N4OS/c1-17-9-6-8(7-9)16-11(14-15-12(16)18)10-4-2-3-5-13-10/h2-5,8-9H,6-7H2,1H3,(H,15,18). The lowest BCUT2D eigenvalue weighted by Gasteiger charge is -2.35. The van der Waals surface area contributed by atoms with E-state index < -0.39 is 0 Å². The van der Waals surface area contributed by atoms with Gasteiger partial charge < -0.3 is 4.74 Å². The van der Waals surface area contributed by atoms with Crippen molar-refractivity contribution in [3.63, 3.8) is 0 Å². The molecule has 0 amide bonds. The third-order valence-corrected chi connectivity index (χ3v) is 3.65. The van der Waals surface area contributed by atoms with Gasteiger partial charge in [0.05, 0.1) is 6.10 Å². The molecule has 0 bridgehead atoms. The van der Waals surface area contributed by atoms with Crippen LogP contribution < -0.4 is 0 Å². The van der Waals surface area contributed by atoms with Gasteiger partial charge in [-0.25, -0.2) is 0 Å². The minimum absolute atomic E-state index is 0.336. The lowest BCUT2D eigenvalue weighted by atomic mass is 9.89. The average molecular weight is 262 g/mol. The Morgan fingerprint density at radius 2 is 2.28 bits per heavy atom. The van der Waals surface area contributed by atoms with Crippen LogP contribution in [0.4, 0.5) is 0 Å². The number of rotatable bonds is 3. The molecule has 0 saturated heterocycles. The number of nitrogens with one attached hydrogen (secondary N) is 1. The molecule has 1 aliphatic carbocycles. The number of hydrogen-bond acceptors (Lipinski definition) is 4. The Balaban J connectivity index is 1.96. The summed E-state index contributed by atoms with van der Waals surface area (Å²) >= 11 is 5.30. The first-order chi connectivity index (χ1) is 8.79. The van der Waals surface area contributed by atoms with Crippen LogP contribution in [-0.4, -0.2) is 33.0 Å². The van der Waals surface area contributed by atoms with E-state index in [1.807, 2.05) is 22.8 Å². The van der Waals surface area contributed by atoms with E-state index in [4.69, 9.17) is 17.0 Å². The fourth-order valence-electron chi connectivity index (χ4n) is 2.26. The van der Waals surface area contributed by atoms with Gasteiger partial charge in [0.25, 0.3) is 0 Å². The van der Waals surface area contributed by atoms with Gasteiger partial charge in [-0.1, -0.05) is 6.07 Å². The summed E-state index contributed by atoms with van der Waals surface area (Å²) in [6.45, 7) is 0. The Bertz CT molecular complexity index is 586. The second kappa shape index (κ2) is 4.62. The van der Waals surface area contributed by atoms with Gasteiger partial charge in [0.2, 0.25) is 0 Å². The molecule has 2 heterocycles. The predicted octanol–water partition coefficient (Wildman–Crippen LogP) is 2.35. The number of ether oxygens (including phenoxy) is 1. The number of nitrogens with zero attached hydrogens (tertiary/aromatic N) is 3. The molecule has 0 aromatic carbocycles. The maximum Gasteiger partial charge on any atom is 0.195 e. The molecule has 1 N–H and O–H groups in total. The van der Waals surface area contributed by atoms with E-state index in [2.05, 4.69) is 15.2 Å². The maximum absolute atomic E-state index is 5.31. The summed E-state index contributed by atoms with van der Waals surface area (Å²) in [4.78, 5) is 4.32. The maximum atomic E-state index is 5.31. The van der Waals surface area contributed by atoms with E-state index in [0.29, 0.717) is 16.9 Å². The second-order valence-corrected chi connectivity index (χ2v) is 4.81. The zero-order chi connectivity index (χ0) is 12.5. The van der Waals surface area contributed by atoms with E-state index in [1.54, 1.807) is 13.3 Å². The van der Waals surface area contributed by atoms with E-state index in [0.717, 1.165) is 24.4 Å². The van der Waals surface area contributed by atoms with Crippen molar-refractivity contribution in [3.8, 4) is 11.5 Å². The van der Waals surface area contributed by atoms with Gasteiger partial charge in [0.1, 0.15) is 5.69 Å². The van der Waals surface area contributed by atoms with Crippen molar-refractivity contribution in [1.29, 1.82) is 0 Å². The van der Waals surface area contributed by atoms with Crippen molar-refractivity contribution in [2.24, 2.45) is 0 Å². The molecular weight excluding hydrogens is 248 g/mol. The number of pyridine rings is 1. The highest BCUT2D eigenvalue weighted by atomic mass is 32.1. The molecule has 0 atom stereocenters. The Morgan fingerprint density at radius 3 is 2.94 bits per heavy atom. The monoisotopic (exact) mass is 262 g/mol. The lowest BCUT2D eigenvalue weighted by molar-refractivity contribution is 0.00617. The summed E-state index contributed by atoms with van der Waals surface area (Å²) in [6.07, 6.45) is 4.05. The number of aromatic nitrogens is 4. The molecule has 0 radical (unpaired) electrons. The average Bonchev–Trinajstić information content (AvgIpc) is 2.72. The summed E-state index contributed by atoms with van der Waals surface area (Å²) in [5.74, 6) is 0.806.